The number of aryl methyl sites for hydroxylation is 1. The predicted molar refractivity (Wildman–Crippen MR) is 95.1 cm³/mol. The highest BCUT2D eigenvalue weighted by Crippen LogP contribution is 2.20. The lowest BCUT2D eigenvalue weighted by atomic mass is 10.2. The van der Waals surface area contributed by atoms with Crippen LogP contribution in [-0.2, 0) is 17.8 Å². The lowest BCUT2D eigenvalue weighted by Crippen LogP contribution is -2.23. The number of hydrogen-bond donors (Lipinski definition) is 1. The molecule has 25 heavy (non-hydrogen) atoms. The summed E-state index contributed by atoms with van der Waals surface area (Å²) in [5, 5.41) is 2.89. The van der Waals surface area contributed by atoms with E-state index in [1.54, 1.807) is 13.3 Å². The number of benzene rings is 2. The SMILES string of the molecule is COc1ccccc1CNC(=O)CCc1ncc(-c2ccccc2)o1. The molecule has 1 heterocycles. The number of nitrogens with one attached hydrogen (secondary N) is 1. The van der Waals surface area contributed by atoms with E-state index in [9.17, 15) is 4.79 Å². The summed E-state index contributed by atoms with van der Waals surface area (Å²) in [6.45, 7) is 0.434. The fourth-order valence-electron chi connectivity index (χ4n) is 2.51. The number of amides is 1. The zero-order valence-corrected chi connectivity index (χ0v) is 14.1. The molecule has 0 fully saturated rings. The van der Waals surface area contributed by atoms with E-state index >= 15 is 0 Å². The van der Waals surface area contributed by atoms with Crippen molar-refractivity contribution in [2.45, 2.75) is 19.4 Å². The Morgan fingerprint density at radius 1 is 1.12 bits per heavy atom. The van der Waals surface area contributed by atoms with E-state index in [1.165, 1.54) is 0 Å². The van der Waals surface area contributed by atoms with Crippen molar-refractivity contribution < 1.29 is 13.9 Å². The lowest BCUT2D eigenvalue weighted by Gasteiger charge is -2.09. The van der Waals surface area contributed by atoms with Crippen LogP contribution < -0.4 is 10.1 Å². The topological polar surface area (TPSA) is 64.4 Å². The Morgan fingerprint density at radius 2 is 1.88 bits per heavy atom. The van der Waals surface area contributed by atoms with Gasteiger partial charge < -0.3 is 14.5 Å². The molecule has 0 aliphatic heterocycles. The molecule has 2 aromatic carbocycles. The third kappa shape index (κ3) is 4.47. The number of nitrogens with zero attached hydrogens (tertiary/aromatic N) is 1. The quantitative estimate of drug-likeness (QED) is 0.716. The van der Waals surface area contributed by atoms with Gasteiger partial charge in [-0.15, -0.1) is 0 Å². The van der Waals surface area contributed by atoms with E-state index in [2.05, 4.69) is 10.3 Å². The Kier molecular flexibility index (Phi) is 5.46. The standard InChI is InChI=1S/C20H20N2O3/c1-24-17-10-6-5-9-16(17)13-21-19(23)11-12-20-22-14-18(25-20)15-7-3-2-4-8-15/h2-10,14H,11-13H2,1H3,(H,21,23). The first-order chi connectivity index (χ1) is 12.3. The van der Waals surface area contributed by atoms with E-state index in [0.29, 0.717) is 31.0 Å². The third-order valence-corrected chi connectivity index (χ3v) is 3.85. The van der Waals surface area contributed by atoms with Gasteiger partial charge in [-0.05, 0) is 6.07 Å². The maximum atomic E-state index is 12.0. The number of hydrogen-bond acceptors (Lipinski definition) is 4. The molecule has 0 bridgehead atoms. The van der Waals surface area contributed by atoms with E-state index in [4.69, 9.17) is 9.15 Å². The highest BCUT2D eigenvalue weighted by Gasteiger charge is 2.09. The average molecular weight is 336 g/mol. The summed E-state index contributed by atoms with van der Waals surface area (Å²) in [4.78, 5) is 16.3. The van der Waals surface area contributed by atoms with Gasteiger partial charge in [0.1, 0.15) is 5.75 Å². The van der Waals surface area contributed by atoms with E-state index in [-0.39, 0.29) is 5.91 Å². The van der Waals surface area contributed by atoms with Crippen LogP contribution >= 0.6 is 0 Å². The van der Waals surface area contributed by atoms with Crippen LogP contribution in [-0.4, -0.2) is 18.0 Å². The number of ether oxygens (including phenoxy) is 1. The van der Waals surface area contributed by atoms with E-state index in [0.717, 1.165) is 16.9 Å². The van der Waals surface area contributed by atoms with Crippen LogP contribution in [0.2, 0.25) is 0 Å². The second-order valence-corrected chi connectivity index (χ2v) is 5.57. The molecule has 0 spiro atoms. The Balaban J connectivity index is 1.50. The Bertz CT molecular complexity index is 828. The van der Waals surface area contributed by atoms with Gasteiger partial charge in [-0.2, -0.15) is 0 Å². The minimum Gasteiger partial charge on any atom is -0.496 e. The molecular weight excluding hydrogens is 316 g/mol. The Labute approximate surface area is 146 Å². The van der Waals surface area contributed by atoms with Gasteiger partial charge in [-0.25, -0.2) is 4.98 Å². The molecular formula is C20H20N2O3. The van der Waals surface area contributed by atoms with Gasteiger partial charge >= 0.3 is 0 Å². The molecule has 0 aliphatic rings. The summed E-state index contributed by atoms with van der Waals surface area (Å²) in [5.41, 5.74) is 1.92. The molecule has 0 radical (unpaired) electrons. The van der Waals surface area contributed by atoms with E-state index in [1.807, 2.05) is 54.6 Å². The summed E-state index contributed by atoms with van der Waals surface area (Å²) in [5.74, 6) is 1.99. The van der Waals surface area contributed by atoms with Crippen molar-refractivity contribution in [1.29, 1.82) is 0 Å². The monoisotopic (exact) mass is 336 g/mol. The highest BCUT2D eigenvalue weighted by atomic mass is 16.5. The van der Waals surface area contributed by atoms with Gasteiger partial charge in [-0.1, -0.05) is 48.5 Å². The van der Waals surface area contributed by atoms with Crippen molar-refractivity contribution in [2.24, 2.45) is 0 Å². The van der Waals surface area contributed by atoms with Gasteiger partial charge in [0.2, 0.25) is 5.91 Å². The predicted octanol–water partition coefficient (Wildman–Crippen LogP) is 3.60. The van der Waals surface area contributed by atoms with Gasteiger partial charge in [-0.3, -0.25) is 4.79 Å². The fraction of sp³-hybridized carbons (Fsp3) is 0.200. The Morgan fingerprint density at radius 3 is 2.68 bits per heavy atom. The van der Waals surface area contributed by atoms with Crippen molar-refractivity contribution in [3.8, 4) is 17.1 Å². The van der Waals surface area contributed by atoms with Crippen LogP contribution in [0.3, 0.4) is 0 Å². The number of aromatic nitrogens is 1. The maximum Gasteiger partial charge on any atom is 0.220 e. The van der Waals surface area contributed by atoms with Gasteiger partial charge in [0.15, 0.2) is 11.7 Å². The van der Waals surface area contributed by atoms with Crippen LogP contribution in [0.1, 0.15) is 17.9 Å². The van der Waals surface area contributed by atoms with Crippen molar-refractivity contribution in [1.82, 2.24) is 10.3 Å². The highest BCUT2D eigenvalue weighted by molar-refractivity contribution is 5.76. The van der Waals surface area contributed by atoms with Crippen molar-refractivity contribution in [2.75, 3.05) is 7.11 Å². The van der Waals surface area contributed by atoms with E-state index < -0.39 is 0 Å². The molecule has 1 aromatic heterocycles. The molecule has 5 nitrogen and oxygen atoms in total. The first kappa shape index (κ1) is 16.8. The molecule has 3 aromatic rings. The second-order valence-electron chi connectivity index (χ2n) is 5.57. The molecule has 0 saturated heterocycles. The molecule has 128 valence electrons. The van der Waals surface area contributed by atoms with Gasteiger partial charge in [0.25, 0.3) is 0 Å². The Hall–Kier alpha value is -3.08. The zero-order chi connectivity index (χ0) is 17.5. The minimum absolute atomic E-state index is 0.0506. The molecule has 0 aliphatic carbocycles. The average Bonchev–Trinajstić information content (AvgIpc) is 3.14. The third-order valence-electron chi connectivity index (χ3n) is 3.85. The van der Waals surface area contributed by atoms with Crippen LogP contribution in [0.5, 0.6) is 5.75 Å². The normalized spacial score (nSPS) is 10.4. The lowest BCUT2D eigenvalue weighted by molar-refractivity contribution is -0.121. The maximum absolute atomic E-state index is 12.0. The fourth-order valence-corrected chi connectivity index (χ4v) is 2.51. The number of para-hydroxylation sites is 1. The summed E-state index contributed by atoms with van der Waals surface area (Å²) in [6, 6.07) is 17.4. The van der Waals surface area contributed by atoms with Crippen LogP contribution in [0.15, 0.2) is 65.2 Å². The summed E-state index contributed by atoms with van der Waals surface area (Å²) < 4.78 is 11.0. The van der Waals surface area contributed by atoms with Crippen LogP contribution in [0.4, 0.5) is 0 Å². The van der Waals surface area contributed by atoms with Gasteiger partial charge in [0, 0.05) is 30.5 Å². The van der Waals surface area contributed by atoms with Crippen LogP contribution in [0.25, 0.3) is 11.3 Å². The molecule has 5 heteroatoms. The number of rotatable bonds is 7. The molecule has 1 N–H and O–H groups in total. The van der Waals surface area contributed by atoms with Crippen molar-refractivity contribution in [3.63, 3.8) is 0 Å². The first-order valence-electron chi connectivity index (χ1n) is 8.15. The summed E-state index contributed by atoms with van der Waals surface area (Å²) in [7, 11) is 1.62. The molecule has 1 amide bonds. The molecule has 3 rings (SSSR count). The molecule has 0 unspecified atom stereocenters. The number of oxazole rings is 1. The summed E-state index contributed by atoms with van der Waals surface area (Å²) in [6.07, 6.45) is 2.48. The smallest absolute Gasteiger partial charge is 0.220 e. The van der Waals surface area contributed by atoms with Gasteiger partial charge in [0.05, 0.1) is 13.3 Å². The number of carbonyl (C=O) groups is 1. The first-order valence-corrected chi connectivity index (χ1v) is 8.15. The van der Waals surface area contributed by atoms with Crippen molar-refractivity contribution >= 4 is 5.91 Å². The molecule has 0 saturated carbocycles. The second kappa shape index (κ2) is 8.15. The largest absolute Gasteiger partial charge is 0.496 e. The zero-order valence-electron chi connectivity index (χ0n) is 14.1. The minimum atomic E-state index is -0.0506. The van der Waals surface area contributed by atoms with Crippen LogP contribution in [0, 0.1) is 0 Å². The number of carbonyl (C=O) groups excluding carboxylic acids is 1. The number of methoxy groups -OCH3 is 1. The summed E-state index contributed by atoms with van der Waals surface area (Å²) >= 11 is 0. The molecule has 0 atom stereocenters. The van der Waals surface area contributed by atoms with Crippen molar-refractivity contribution in [3.05, 3.63) is 72.2 Å².